The van der Waals surface area contributed by atoms with Gasteiger partial charge in [0.1, 0.15) is 13.2 Å². The van der Waals surface area contributed by atoms with E-state index in [1.165, 1.54) is 96.3 Å². The van der Waals surface area contributed by atoms with Gasteiger partial charge in [-0.25, -0.2) is 0 Å². The number of nitrogens with zero attached hydrogens (tertiary/aromatic N) is 1. The first-order valence-corrected chi connectivity index (χ1v) is 21.2. The maximum absolute atomic E-state index is 12.8. The number of allylic oxidation sites excluding steroid dienone is 3. The zero-order valence-electron chi connectivity index (χ0n) is 31.9. The van der Waals surface area contributed by atoms with E-state index < -0.39 is 20.0 Å². The summed E-state index contributed by atoms with van der Waals surface area (Å²) in [5.41, 5.74) is 0. The Morgan fingerprint density at radius 3 is 1.65 bits per heavy atom. The quantitative estimate of drug-likeness (QED) is 0.0295. The van der Waals surface area contributed by atoms with Crippen LogP contribution in [0.2, 0.25) is 0 Å². The minimum absolute atomic E-state index is 0.00193. The molecular weight excluding hydrogens is 623 g/mol. The molecule has 0 bridgehead atoms. The summed E-state index contributed by atoms with van der Waals surface area (Å²) in [6.07, 6.45) is 35.0. The first-order valence-electron chi connectivity index (χ1n) is 19.7. The van der Waals surface area contributed by atoms with E-state index in [0.717, 1.165) is 51.4 Å². The summed E-state index contributed by atoms with van der Waals surface area (Å²) in [4.78, 5) is 25.1. The highest BCUT2D eigenvalue weighted by molar-refractivity contribution is 7.45. The Balaban J connectivity index is 4.54. The van der Waals surface area contributed by atoms with Crippen LogP contribution in [0.5, 0.6) is 0 Å². The van der Waals surface area contributed by atoms with Crippen LogP contribution < -0.4 is 10.2 Å². The average molecular weight is 701 g/mol. The van der Waals surface area contributed by atoms with Crippen LogP contribution in [0.15, 0.2) is 24.3 Å². The summed E-state index contributed by atoms with van der Waals surface area (Å²) in [6, 6.07) is -0.885. The molecule has 0 rings (SSSR count). The van der Waals surface area contributed by atoms with Gasteiger partial charge in [0.2, 0.25) is 5.91 Å². The van der Waals surface area contributed by atoms with Gasteiger partial charge in [-0.2, -0.15) is 0 Å². The van der Waals surface area contributed by atoms with Crippen molar-refractivity contribution in [1.82, 2.24) is 5.32 Å². The van der Waals surface area contributed by atoms with Gasteiger partial charge < -0.3 is 28.8 Å². The third-order valence-electron chi connectivity index (χ3n) is 8.66. The first-order chi connectivity index (χ1) is 23.0. The molecule has 48 heavy (non-hydrogen) atoms. The number of quaternary nitrogens is 1. The molecule has 0 radical (unpaired) electrons. The lowest BCUT2D eigenvalue weighted by atomic mass is 10.0. The molecule has 2 N–H and O–H groups in total. The number of rotatable bonds is 35. The van der Waals surface area contributed by atoms with E-state index in [9.17, 15) is 19.4 Å². The second-order valence-electron chi connectivity index (χ2n) is 14.6. The van der Waals surface area contributed by atoms with Gasteiger partial charge in [-0.15, -0.1) is 0 Å². The Kier molecular flexibility index (Phi) is 31.2. The Morgan fingerprint density at radius 2 is 1.15 bits per heavy atom. The number of likely N-dealkylation sites (N-methyl/N-ethyl adjacent to an activating group) is 1. The molecule has 284 valence electrons. The number of phosphoric acid groups is 1. The van der Waals surface area contributed by atoms with Crippen LogP contribution >= 0.6 is 7.82 Å². The van der Waals surface area contributed by atoms with Crippen molar-refractivity contribution in [2.24, 2.45) is 0 Å². The van der Waals surface area contributed by atoms with Crippen molar-refractivity contribution < 1.29 is 32.9 Å². The van der Waals surface area contributed by atoms with Gasteiger partial charge in [0.15, 0.2) is 0 Å². The number of nitrogens with one attached hydrogen (secondary N) is 1. The van der Waals surface area contributed by atoms with Crippen molar-refractivity contribution in [3.05, 3.63) is 24.3 Å². The Morgan fingerprint density at radius 1 is 0.708 bits per heavy atom. The number of aliphatic hydroxyl groups excluding tert-OH is 1. The van der Waals surface area contributed by atoms with E-state index >= 15 is 0 Å². The molecule has 3 atom stereocenters. The van der Waals surface area contributed by atoms with E-state index in [0.29, 0.717) is 17.4 Å². The van der Waals surface area contributed by atoms with Crippen molar-refractivity contribution in [3.63, 3.8) is 0 Å². The topological polar surface area (TPSA) is 108 Å². The molecule has 1 amide bonds. The van der Waals surface area contributed by atoms with Crippen molar-refractivity contribution in [2.75, 3.05) is 40.9 Å². The SMILES string of the molecule is CCCCCC/C=C\CCCCCCCC(=O)N[C@@H](COP(=O)([O-])OCC[N+](C)(C)C)[C@H](O)/C=C/CCCCCCCCCCCCC. The van der Waals surface area contributed by atoms with E-state index in [1.807, 2.05) is 27.2 Å². The molecule has 0 aliphatic carbocycles. The highest BCUT2D eigenvalue weighted by atomic mass is 31.2. The smallest absolute Gasteiger partial charge is 0.268 e. The zero-order chi connectivity index (χ0) is 35.8. The molecule has 8 nitrogen and oxygen atoms in total. The van der Waals surface area contributed by atoms with Gasteiger partial charge >= 0.3 is 0 Å². The van der Waals surface area contributed by atoms with Crippen molar-refractivity contribution >= 4 is 13.7 Å². The lowest BCUT2D eigenvalue weighted by molar-refractivity contribution is -0.870. The molecule has 0 fully saturated rings. The minimum Gasteiger partial charge on any atom is -0.756 e. The minimum atomic E-state index is -4.58. The maximum Gasteiger partial charge on any atom is 0.268 e. The molecule has 0 saturated heterocycles. The summed E-state index contributed by atoms with van der Waals surface area (Å²) in [5, 5.41) is 13.7. The fourth-order valence-corrected chi connectivity index (χ4v) is 6.16. The summed E-state index contributed by atoms with van der Waals surface area (Å²) >= 11 is 0. The number of unbranched alkanes of at least 4 members (excludes halogenated alkanes) is 20. The van der Waals surface area contributed by atoms with Crippen LogP contribution in [0.25, 0.3) is 0 Å². The Hall–Kier alpha value is -1.02. The predicted octanol–water partition coefficient (Wildman–Crippen LogP) is 9.55. The maximum atomic E-state index is 12.8. The highest BCUT2D eigenvalue weighted by Crippen LogP contribution is 2.38. The van der Waals surface area contributed by atoms with E-state index in [2.05, 4.69) is 31.3 Å². The number of aliphatic hydroxyl groups is 1. The van der Waals surface area contributed by atoms with Crippen LogP contribution in [0.1, 0.15) is 168 Å². The number of carbonyl (C=O) groups excluding carboxylic acids is 1. The normalized spacial score (nSPS) is 14.9. The van der Waals surface area contributed by atoms with Gasteiger partial charge in [0.25, 0.3) is 7.82 Å². The highest BCUT2D eigenvalue weighted by Gasteiger charge is 2.23. The Labute approximate surface area is 296 Å². The molecule has 0 aliphatic heterocycles. The predicted molar refractivity (Wildman–Crippen MR) is 201 cm³/mol. The first kappa shape index (κ1) is 47.0. The third kappa shape index (κ3) is 33.5. The molecule has 1 unspecified atom stereocenters. The molecule has 0 spiro atoms. The van der Waals surface area contributed by atoms with Crippen molar-refractivity contribution in [3.8, 4) is 0 Å². The van der Waals surface area contributed by atoms with Gasteiger partial charge in [-0.3, -0.25) is 9.36 Å². The van der Waals surface area contributed by atoms with Crippen LogP contribution in [0, 0.1) is 0 Å². The van der Waals surface area contributed by atoms with E-state index in [-0.39, 0.29) is 19.1 Å². The molecule has 0 saturated carbocycles. The van der Waals surface area contributed by atoms with Crippen molar-refractivity contribution in [1.29, 1.82) is 0 Å². The van der Waals surface area contributed by atoms with Crippen LogP contribution in [-0.4, -0.2) is 68.5 Å². The summed E-state index contributed by atoms with van der Waals surface area (Å²) in [7, 11) is 1.25. The Bertz CT molecular complexity index is 845. The molecule has 0 aliphatic rings. The number of carbonyl (C=O) groups is 1. The molecule has 9 heteroatoms. The van der Waals surface area contributed by atoms with Gasteiger partial charge in [0.05, 0.1) is 39.9 Å². The monoisotopic (exact) mass is 701 g/mol. The molecule has 0 aromatic heterocycles. The second-order valence-corrected chi connectivity index (χ2v) is 16.0. The largest absolute Gasteiger partial charge is 0.756 e. The second kappa shape index (κ2) is 31.9. The zero-order valence-corrected chi connectivity index (χ0v) is 32.8. The average Bonchev–Trinajstić information content (AvgIpc) is 3.02. The number of hydrogen-bond donors (Lipinski definition) is 2. The summed E-state index contributed by atoms with van der Waals surface area (Å²) < 4.78 is 23.1. The van der Waals surface area contributed by atoms with Gasteiger partial charge in [-0.05, 0) is 44.9 Å². The number of amides is 1. The summed E-state index contributed by atoms with van der Waals surface area (Å²) in [6.45, 7) is 4.60. The third-order valence-corrected chi connectivity index (χ3v) is 9.62. The summed E-state index contributed by atoms with van der Waals surface area (Å²) in [5.74, 6) is -0.209. The van der Waals surface area contributed by atoms with E-state index in [1.54, 1.807) is 6.08 Å². The van der Waals surface area contributed by atoms with Gasteiger partial charge in [0, 0.05) is 6.42 Å². The standard InChI is InChI=1S/C39H77N2O6P/c1-6-8-10-12-14-16-18-20-22-24-26-28-30-32-38(42)37(36-47-48(44,45)46-35-34-41(3,4)5)40-39(43)33-31-29-27-25-23-21-19-17-15-13-11-9-7-2/h17,19,30,32,37-38,42H,6-16,18,20-29,31,33-36H2,1-5H3,(H-,40,43,44,45)/b19-17-,32-30+/t37-,38+/m0/s1. The molecule has 0 heterocycles. The number of hydrogen-bond acceptors (Lipinski definition) is 6. The molecule has 0 aromatic rings. The molecule has 0 aromatic carbocycles. The lowest BCUT2D eigenvalue weighted by Crippen LogP contribution is -2.45. The van der Waals surface area contributed by atoms with Crippen LogP contribution in [-0.2, 0) is 18.4 Å². The fourth-order valence-electron chi connectivity index (χ4n) is 5.44. The lowest BCUT2D eigenvalue weighted by Gasteiger charge is -2.29. The number of phosphoric ester groups is 1. The van der Waals surface area contributed by atoms with E-state index in [4.69, 9.17) is 9.05 Å². The fraction of sp³-hybridized carbons (Fsp3) is 0.872. The molecular formula is C39H77N2O6P. The van der Waals surface area contributed by atoms with Crippen LogP contribution in [0.3, 0.4) is 0 Å². The van der Waals surface area contributed by atoms with Gasteiger partial charge in [-0.1, -0.05) is 141 Å². The van der Waals surface area contributed by atoms with Crippen LogP contribution in [0.4, 0.5) is 0 Å². The van der Waals surface area contributed by atoms with Crippen molar-refractivity contribution in [2.45, 2.75) is 180 Å².